The number of ether oxygens (including phenoxy) is 1. The van der Waals surface area contributed by atoms with Crippen LogP contribution in [0.25, 0.3) is 11.3 Å². The standard InChI is InChI=1S/C30H39F2N3O4/c1-4-30(32,5-2)20-34-15-11-21(12-16-34)19-39-23-8-10-26(33-18-23)22-7-9-24(25(31)17-22)27(36)35-14-6-13-29(35,3)28(37)38/h7-10,17-18,21H,4-6,11-16,19-20H2,1-3H3,(H,37,38)/t29-/m0/s1. The van der Waals surface area contributed by atoms with E-state index in [0.29, 0.717) is 61.8 Å². The summed E-state index contributed by atoms with van der Waals surface area (Å²) in [5, 5.41) is 9.58. The Morgan fingerprint density at radius 1 is 1.15 bits per heavy atom. The number of alkyl halides is 1. The number of piperidine rings is 1. The fourth-order valence-corrected chi connectivity index (χ4v) is 5.54. The third-order valence-electron chi connectivity index (χ3n) is 8.55. The van der Waals surface area contributed by atoms with Crippen molar-refractivity contribution < 1.29 is 28.2 Å². The number of carbonyl (C=O) groups is 2. The van der Waals surface area contributed by atoms with Crippen LogP contribution in [0, 0.1) is 11.7 Å². The van der Waals surface area contributed by atoms with Crippen molar-refractivity contribution >= 4 is 11.9 Å². The summed E-state index contributed by atoms with van der Waals surface area (Å²) >= 11 is 0. The molecule has 0 bridgehead atoms. The van der Waals surface area contributed by atoms with Crippen LogP contribution in [0.5, 0.6) is 5.75 Å². The molecule has 4 rings (SSSR count). The summed E-state index contributed by atoms with van der Waals surface area (Å²) < 4.78 is 35.7. The lowest BCUT2D eigenvalue weighted by molar-refractivity contribution is -0.147. The zero-order valence-corrected chi connectivity index (χ0v) is 23.1. The van der Waals surface area contributed by atoms with Crippen LogP contribution in [0.4, 0.5) is 8.78 Å². The lowest BCUT2D eigenvalue weighted by Gasteiger charge is -2.36. The number of carboxylic acids is 1. The second kappa shape index (κ2) is 12.0. The smallest absolute Gasteiger partial charge is 0.329 e. The van der Waals surface area contributed by atoms with Crippen LogP contribution < -0.4 is 4.74 Å². The van der Waals surface area contributed by atoms with E-state index in [2.05, 4.69) is 9.88 Å². The van der Waals surface area contributed by atoms with Crippen molar-refractivity contribution in [2.75, 3.05) is 32.8 Å². The van der Waals surface area contributed by atoms with Gasteiger partial charge in [0.05, 0.1) is 24.1 Å². The SMILES string of the molecule is CCC(F)(CC)CN1CCC(COc2ccc(-c3ccc(C(=O)N4CCC[C@@]4(C)C(=O)O)c(F)c3)nc2)CC1. The number of aromatic nitrogens is 1. The van der Waals surface area contributed by atoms with Gasteiger partial charge in [-0.2, -0.15) is 0 Å². The molecule has 212 valence electrons. The molecular formula is C30H39F2N3O4. The van der Waals surface area contributed by atoms with Gasteiger partial charge in [0.25, 0.3) is 5.91 Å². The van der Waals surface area contributed by atoms with Gasteiger partial charge in [-0.25, -0.2) is 13.6 Å². The average molecular weight is 544 g/mol. The molecule has 1 N–H and O–H groups in total. The van der Waals surface area contributed by atoms with E-state index in [4.69, 9.17) is 4.74 Å². The Bertz CT molecular complexity index is 1160. The molecule has 7 nitrogen and oxygen atoms in total. The van der Waals surface area contributed by atoms with Crippen molar-refractivity contribution in [1.29, 1.82) is 0 Å². The van der Waals surface area contributed by atoms with E-state index in [9.17, 15) is 23.5 Å². The maximum Gasteiger partial charge on any atom is 0.329 e. The van der Waals surface area contributed by atoms with Crippen molar-refractivity contribution in [2.24, 2.45) is 5.92 Å². The number of hydrogen-bond donors (Lipinski definition) is 1. The molecule has 1 atom stereocenters. The van der Waals surface area contributed by atoms with Crippen molar-refractivity contribution in [3.63, 3.8) is 0 Å². The number of amides is 1. The van der Waals surface area contributed by atoms with E-state index in [1.807, 2.05) is 13.8 Å². The van der Waals surface area contributed by atoms with Crippen LogP contribution >= 0.6 is 0 Å². The molecule has 9 heteroatoms. The number of pyridine rings is 1. The molecule has 0 radical (unpaired) electrons. The molecule has 39 heavy (non-hydrogen) atoms. The van der Waals surface area contributed by atoms with Crippen LogP contribution in [-0.4, -0.2) is 75.8 Å². The Kier molecular flexibility index (Phi) is 8.89. The van der Waals surface area contributed by atoms with Crippen molar-refractivity contribution in [1.82, 2.24) is 14.8 Å². The Balaban J connectivity index is 1.32. The zero-order valence-electron chi connectivity index (χ0n) is 23.1. The Morgan fingerprint density at radius 3 is 2.46 bits per heavy atom. The van der Waals surface area contributed by atoms with Crippen LogP contribution in [-0.2, 0) is 4.79 Å². The summed E-state index contributed by atoms with van der Waals surface area (Å²) in [6.45, 7) is 8.39. The number of rotatable bonds is 10. The monoisotopic (exact) mass is 543 g/mol. The Labute approximate surface area is 229 Å². The predicted octanol–water partition coefficient (Wildman–Crippen LogP) is 5.59. The van der Waals surface area contributed by atoms with Crippen LogP contribution in [0.3, 0.4) is 0 Å². The minimum atomic E-state index is -1.33. The quantitative estimate of drug-likeness (QED) is 0.421. The lowest BCUT2D eigenvalue weighted by atomic mass is 9.94. The predicted molar refractivity (Wildman–Crippen MR) is 145 cm³/mol. The molecule has 2 aliphatic heterocycles. The largest absolute Gasteiger partial charge is 0.492 e. The third-order valence-corrected chi connectivity index (χ3v) is 8.55. The number of hydrogen-bond acceptors (Lipinski definition) is 5. The Hall–Kier alpha value is -3.07. The molecule has 1 amide bonds. The van der Waals surface area contributed by atoms with Gasteiger partial charge in [0.15, 0.2) is 0 Å². The summed E-state index contributed by atoms with van der Waals surface area (Å²) in [4.78, 5) is 32.5. The molecule has 0 saturated carbocycles. The van der Waals surface area contributed by atoms with E-state index in [-0.39, 0.29) is 12.1 Å². The molecule has 0 unspecified atom stereocenters. The van der Waals surface area contributed by atoms with E-state index >= 15 is 0 Å². The van der Waals surface area contributed by atoms with Gasteiger partial charge in [0, 0.05) is 18.7 Å². The van der Waals surface area contributed by atoms with Gasteiger partial charge < -0.3 is 19.6 Å². The van der Waals surface area contributed by atoms with Gasteiger partial charge in [0.2, 0.25) is 0 Å². The maximum absolute atomic E-state index is 15.0. The first-order chi connectivity index (χ1) is 18.6. The number of carbonyl (C=O) groups excluding carboxylic acids is 1. The van der Waals surface area contributed by atoms with Gasteiger partial charge in [-0.05, 0) is 88.7 Å². The van der Waals surface area contributed by atoms with Gasteiger partial charge >= 0.3 is 5.97 Å². The third kappa shape index (κ3) is 6.40. The molecule has 0 aliphatic carbocycles. The molecule has 3 heterocycles. The molecule has 2 aliphatic rings. The van der Waals surface area contributed by atoms with Crippen LogP contribution in [0.2, 0.25) is 0 Å². The Morgan fingerprint density at radius 2 is 1.87 bits per heavy atom. The lowest BCUT2D eigenvalue weighted by Crippen LogP contribution is -2.50. The van der Waals surface area contributed by atoms with Gasteiger partial charge in [0.1, 0.15) is 22.8 Å². The molecule has 2 saturated heterocycles. The van der Waals surface area contributed by atoms with E-state index in [1.165, 1.54) is 24.0 Å². The van der Waals surface area contributed by atoms with Crippen molar-refractivity contribution in [3.05, 3.63) is 47.9 Å². The van der Waals surface area contributed by atoms with Crippen LogP contribution in [0.1, 0.15) is 69.7 Å². The number of aliphatic carboxylic acids is 1. The van der Waals surface area contributed by atoms with E-state index < -0.39 is 28.9 Å². The first kappa shape index (κ1) is 28.9. The second-order valence-corrected chi connectivity index (χ2v) is 11.1. The molecule has 1 aromatic carbocycles. The first-order valence-electron chi connectivity index (χ1n) is 13.9. The number of benzene rings is 1. The summed E-state index contributed by atoms with van der Waals surface area (Å²) in [5.41, 5.74) is -1.55. The number of halogens is 2. The summed E-state index contributed by atoms with van der Waals surface area (Å²) in [5.74, 6) is -1.41. The second-order valence-electron chi connectivity index (χ2n) is 11.1. The van der Waals surface area contributed by atoms with E-state index in [1.54, 1.807) is 24.4 Å². The fraction of sp³-hybridized carbons (Fsp3) is 0.567. The number of likely N-dealkylation sites (tertiary alicyclic amines) is 2. The molecule has 1 aromatic heterocycles. The number of carboxylic acid groups (broad SMARTS) is 1. The summed E-state index contributed by atoms with van der Waals surface area (Å²) in [6, 6.07) is 7.79. The molecule has 2 aromatic rings. The minimum absolute atomic E-state index is 0.152. The van der Waals surface area contributed by atoms with Gasteiger partial charge in [-0.15, -0.1) is 0 Å². The van der Waals surface area contributed by atoms with Crippen LogP contribution in [0.15, 0.2) is 36.5 Å². The summed E-state index contributed by atoms with van der Waals surface area (Å²) in [6.07, 6.45) is 5.49. The summed E-state index contributed by atoms with van der Waals surface area (Å²) in [7, 11) is 0. The normalized spacial score (nSPS) is 20.8. The highest BCUT2D eigenvalue weighted by Gasteiger charge is 2.46. The highest BCUT2D eigenvalue weighted by Crippen LogP contribution is 2.32. The molecule has 2 fully saturated rings. The number of nitrogens with zero attached hydrogens (tertiary/aromatic N) is 3. The van der Waals surface area contributed by atoms with Gasteiger partial charge in [-0.1, -0.05) is 19.9 Å². The first-order valence-corrected chi connectivity index (χ1v) is 13.9. The molecule has 0 spiro atoms. The van der Waals surface area contributed by atoms with Crippen molar-refractivity contribution in [3.8, 4) is 17.0 Å². The average Bonchev–Trinajstić information content (AvgIpc) is 3.35. The van der Waals surface area contributed by atoms with E-state index in [0.717, 1.165) is 25.9 Å². The highest BCUT2D eigenvalue weighted by molar-refractivity contribution is 5.98. The topological polar surface area (TPSA) is 83.0 Å². The zero-order chi connectivity index (χ0) is 28.2. The minimum Gasteiger partial charge on any atom is -0.492 e. The van der Waals surface area contributed by atoms with Crippen molar-refractivity contribution in [2.45, 2.75) is 70.5 Å². The molecular weight excluding hydrogens is 504 g/mol. The van der Waals surface area contributed by atoms with Gasteiger partial charge in [-0.3, -0.25) is 9.78 Å². The fourth-order valence-electron chi connectivity index (χ4n) is 5.54. The maximum atomic E-state index is 15.0. The highest BCUT2D eigenvalue weighted by atomic mass is 19.1.